The monoisotopic (exact) mass is 120 g/mol. The highest BCUT2D eigenvalue weighted by Crippen LogP contribution is 1.90. The first-order chi connectivity index (χ1) is 4.43. The molecule has 0 amide bonds. The van der Waals surface area contributed by atoms with Crippen molar-refractivity contribution >= 4 is 0 Å². The summed E-state index contributed by atoms with van der Waals surface area (Å²) < 4.78 is 0. The van der Waals surface area contributed by atoms with Gasteiger partial charge in [0.2, 0.25) is 0 Å². The van der Waals surface area contributed by atoms with E-state index in [4.69, 9.17) is 0 Å². The highest BCUT2D eigenvalue weighted by molar-refractivity contribution is 5.03. The third kappa shape index (κ3) is 1.60. The van der Waals surface area contributed by atoms with Crippen molar-refractivity contribution in [1.82, 2.24) is 15.4 Å². The van der Waals surface area contributed by atoms with Gasteiger partial charge in [0.05, 0.1) is 6.20 Å². The van der Waals surface area contributed by atoms with E-state index in [9.17, 15) is 0 Å². The highest BCUT2D eigenvalue weighted by atomic mass is 15.3. The predicted octanol–water partition coefficient (Wildman–Crippen LogP) is 0.400. The number of rotatable bonds is 2. The molecule has 0 bridgehead atoms. The first-order valence-corrected chi connectivity index (χ1v) is 2.59. The Balaban J connectivity index is 2.72. The molecule has 3 nitrogen and oxygen atoms in total. The molecule has 0 spiro atoms. The van der Waals surface area contributed by atoms with Crippen molar-refractivity contribution in [2.24, 2.45) is 0 Å². The Labute approximate surface area is 53.4 Å². The van der Waals surface area contributed by atoms with Crippen molar-refractivity contribution < 1.29 is 0 Å². The van der Waals surface area contributed by atoms with E-state index >= 15 is 0 Å². The Kier molecular flexibility index (Phi) is 1.90. The maximum absolute atomic E-state index is 3.56. The number of nitrogens with zero attached hydrogens (tertiary/aromatic N) is 3. The Hall–Kier alpha value is -1.25. The van der Waals surface area contributed by atoms with Gasteiger partial charge in [-0.1, -0.05) is 6.08 Å². The standard InChI is InChI=1S/C6H6N3/c1-2-3-6-4-7-9-8-5-6/h2,4H,1,3H2. The van der Waals surface area contributed by atoms with E-state index in [-0.39, 0.29) is 0 Å². The van der Waals surface area contributed by atoms with Crippen LogP contribution in [-0.4, -0.2) is 15.4 Å². The third-order valence-electron chi connectivity index (χ3n) is 0.868. The predicted molar refractivity (Wildman–Crippen MR) is 32.6 cm³/mol. The molecule has 0 saturated heterocycles. The van der Waals surface area contributed by atoms with Crippen LogP contribution in [0.1, 0.15) is 5.56 Å². The third-order valence-corrected chi connectivity index (χ3v) is 0.868. The molecule has 0 fully saturated rings. The lowest BCUT2D eigenvalue weighted by molar-refractivity contribution is 0.841. The maximum atomic E-state index is 3.56. The maximum Gasteiger partial charge on any atom is 0.121 e. The van der Waals surface area contributed by atoms with Gasteiger partial charge in [-0.2, -0.15) is 0 Å². The quantitative estimate of drug-likeness (QED) is 0.530. The topological polar surface area (TPSA) is 38.7 Å². The molecular formula is C6H6N3. The van der Waals surface area contributed by atoms with Crippen LogP contribution >= 0.6 is 0 Å². The van der Waals surface area contributed by atoms with E-state index in [1.54, 1.807) is 12.3 Å². The molecule has 0 saturated carbocycles. The van der Waals surface area contributed by atoms with Crippen LogP contribution < -0.4 is 0 Å². The summed E-state index contributed by atoms with van der Waals surface area (Å²) in [5.41, 5.74) is 0.917. The van der Waals surface area contributed by atoms with Crippen LogP contribution in [0.2, 0.25) is 0 Å². The summed E-state index contributed by atoms with van der Waals surface area (Å²) in [5, 5.41) is 10.4. The Morgan fingerprint density at radius 3 is 3.22 bits per heavy atom. The molecule has 1 aromatic rings. The Morgan fingerprint density at radius 2 is 2.67 bits per heavy atom. The fraction of sp³-hybridized carbons (Fsp3) is 0.167. The lowest BCUT2D eigenvalue weighted by atomic mass is 10.2. The second kappa shape index (κ2) is 2.91. The van der Waals surface area contributed by atoms with E-state index in [1.807, 2.05) is 0 Å². The SMILES string of the molecule is C=CCc1[c]nnnc1. The summed E-state index contributed by atoms with van der Waals surface area (Å²) in [6.45, 7) is 3.56. The molecule has 0 aromatic carbocycles. The molecule has 0 aliphatic rings. The molecule has 0 aliphatic heterocycles. The van der Waals surface area contributed by atoms with E-state index < -0.39 is 0 Å². The largest absolute Gasteiger partial charge is 0.138 e. The van der Waals surface area contributed by atoms with Crippen LogP contribution in [0, 0.1) is 6.20 Å². The van der Waals surface area contributed by atoms with Gasteiger partial charge in [0.15, 0.2) is 0 Å². The summed E-state index contributed by atoms with van der Waals surface area (Å²) in [6, 6.07) is 0. The minimum Gasteiger partial charge on any atom is -0.138 e. The normalized spacial score (nSPS) is 8.89. The Bertz CT molecular complexity index is 183. The van der Waals surface area contributed by atoms with Crippen LogP contribution in [0.25, 0.3) is 0 Å². The number of aromatic nitrogens is 3. The van der Waals surface area contributed by atoms with Crippen LogP contribution in [-0.2, 0) is 6.42 Å². The average molecular weight is 120 g/mol. The van der Waals surface area contributed by atoms with Gasteiger partial charge in [0, 0.05) is 5.56 Å². The smallest absolute Gasteiger partial charge is 0.121 e. The first kappa shape index (κ1) is 5.88. The second-order valence-corrected chi connectivity index (χ2v) is 1.56. The first-order valence-electron chi connectivity index (χ1n) is 2.59. The molecule has 9 heavy (non-hydrogen) atoms. The van der Waals surface area contributed by atoms with Crippen molar-refractivity contribution in [2.45, 2.75) is 6.42 Å². The van der Waals surface area contributed by atoms with E-state index in [1.165, 1.54) is 0 Å². The van der Waals surface area contributed by atoms with Gasteiger partial charge >= 0.3 is 0 Å². The molecule has 0 N–H and O–H groups in total. The summed E-state index contributed by atoms with van der Waals surface area (Å²) in [7, 11) is 0. The summed E-state index contributed by atoms with van der Waals surface area (Å²) in [6.07, 6.45) is 6.82. The van der Waals surface area contributed by atoms with Crippen LogP contribution in [0.3, 0.4) is 0 Å². The fourth-order valence-corrected chi connectivity index (χ4v) is 0.491. The summed E-state index contributed by atoms with van der Waals surface area (Å²) in [5.74, 6) is 0. The van der Waals surface area contributed by atoms with Crippen molar-refractivity contribution in [2.75, 3.05) is 0 Å². The molecule has 1 rings (SSSR count). The fourth-order valence-electron chi connectivity index (χ4n) is 0.491. The van der Waals surface area contributed by atoms with Crippen LogP contribution in [0.4, 0.5) is 0 Å². The summed E-state index contributed by atoms with van der Waals surface area (Å²) >= 11 is 0. The van der Waals surface area contributed by atoms with Gasteiger partial charge < -0.3 is 0 Å². The minimum atomic E-state index is 0.752. The number of hydrogen-bond donors (Lipinski definition) is 0. The van der Waals surface area contributed by atoms with Gasteiger partial charge in [-0.3, -0.25) is 0 Å². The van der Waals surface area contributed by atoms with Gasteiger partial charge in [0.1, 0.15) is 6.20 Å². The van der Waals surface area contributed by atoms with Crippen molar-refractivity contribution in [1.29, 1.82) is 0 Å². The van der Waals surface area contributed by atoms with Gasteiger partial charge in [-0.25, -0.2) is 0 Å². The van der Waals surface area contributed by atoms with Gasteiger partial charge in [0.25, 0.3) is 0 Å². The van der Waals surface area contributed by atoms with E-state index in [2.05, 4.69) is 28.2 Å². The minimum absolute atomic E-state index is 0.752. The van der Waals surface area contributed by atoms with Crippen LogP contribution in [0.15, 0.2) is 18.9 Å². The molecule has 45 valence electrons. The molecular weight excluding hydrogens is 114 g/mol. The molecule has 1 aromatic heterocycles. The molecule has 1 heterocycles. The average Bonchev–Trinajstić information content (AvgIpc) is 1.91. The second-order valence-electron chi connectivity index (χ2n) is 1.56. The van der Waals surface area contributed by atoms with Crippen molar-refractivity contribution in [3.8, 4) is 0 Å². The van der Waals surface area contributed by atoms with E-state index in [0.29, 0.717) is 0 Å². The molecule has 0 atom stereocenters. The highest BCUT2D eigenvalue weighted by Gasteiger charge is 1.86. The lowest BCUT2D eigenvalue weighted by Gasteiger charge is -1.87. The van der Waals surface area contributed by atoms with Crippen molar-refractivity contribution in [3.63, 3.8) is 0 Å². The van der Waals surface area contributed by atoms with Gasteiger partial charge in [-0.15, -0.1) is 16.8 Å². The van der Waals surface area contributed by atoms with Crippen LogP contribution in [0.5, 0.6) is 0 Å². The zero-order chi connectivity index (χ0) is 6.53. The number of allylic oxidation sites excluding steroid dienone is 1. The lowest BCUT2D eigenvalue weighted by Crippen LogP contribution is -1.89. The molecule has 0 unspecified atom stereocenters. The molecule has 3 heteroatoms. The number of hydrogen-bond acceptors (Lipinski definition) is 3. The Morgan fingerprint density at radius 1 is 1.78 bits per heavy atom. The zero-order valence-electron chi connectivity index (χ0n) is 4.91. The zero-order valence-corrected chi connectivity index (χ0v) is 4.91. The van der Waals surface area contributed by atoms with E-state index in [0.717, 1.165) is 12.0 Å². The molecule has 0 aliphatic carbocycles. The summed E-state index contributed by atoms with van der Waals surface area (Å²) in [4.78, 5) is 0. The van der Waals surface area contributed by atoms with Gasteiger partial charge in [-0.05, 0) is 11.6 Å². The van der Waals surface area contributed by atoms with Crippen molar-refractivity contribution in [3.05, 3.63) is 30.6 Å². The molecule has 1 radical (unpaired) electrons.